The SMILES string of the molecule is Cc1ccc(C[NH+](C)[C@H](C)C(=O)Nc2ccc(C#N)cc2)cc1. The van der Waals surface area contributed by atoms with Crippen LogP contribution in [0.25, 0.3) is 0 Å². The van der Waals surface area contributed by atoms with Gasteiger partial charge < -0.3 is 10.2 Å². The minimum Gasteiger partial charge on any atom is -0.324 e. The van der Waals surface area contributed by atoms with Crippen molar-refractivity contribution in [1.82, 2.24) is 0 Å². The highest BCUT2D eigenvalue weighted by atomic mass is 16.2. The minimum atomic E-state index is -0.174. The third-order valence-corrected chi connectivity index (χ3v) is 4.02. The van der Waals surface area contributed by atoms with Gasteiger partial charge in [-0.05, 0) is 38.1 Å². The van der Waals surface area contributed by atoms with Crippen molar-refractivity contribution in [2.45, 2.75) is 26.4 Å². The first-order chi connectivity index (χ1) is 11.0. The third-order valence-electron chi connectivity index (χ3n) is 4.02. The van der Waals surface area contributed by atoms with Crippen molar-refractivity contribution in [3.63, 3.8) is 0 Å². The molecular formula is C19H22N3O+. The van der Waals surface area contributed by atoms with Crippen LogP contribution in [-0.4, -0.2) is 19.0 Å². The number of carbonyl (C=O) groups is 1. The van der Waals surface area contributed by atoms with Crippen LogP contribution in [0.3, 0.4) is 0 Å². The molecule has 0 aliphatic heterocycles. The summed E-state index contributed by atoms with van der Waals surface area (Å²) in [5.74, 6) is -0.0284. The van der Waals surface area contributed by atoms with Gasteiger partial charge in [0.2, 0.25) is 0 Å². The number of benzene rings is 2. The standard InChI is InChI=1S/C19H21N3O/c1-14-4-6-17(7-5-14)13-22(3)15(2)19(23)21-18-10-8-16(12-20)9-11-18/h4-11,15H,13H2,1-3H3,(H,21,23)/p+1/t15-/m1/s1. The Morgan fingerprint density at radius 1 is 1.17 bits per heavy atom. The Morgan fingerprint density at radius 2 is 1.78 bits per heavy atom. The van der Waals surface area contributed by atoms with E-state index in [1.54, 1.807) is 24.3 Å². The van der Waals surface area contributed by atoms with Gasteiger partial charge in [0.1, 0.15) is 6.54 Å². The molecule has 23 heavy (non-hydrogen) atoms. The number of nitriles is 1. The Labute approximate surface area is 137 Å². The molecule has 2 rings (SSSR count). The van der Waals surface area contributed by atoms with Crippen molar-refractivity contribution < 1.29 is 9.69 Å². The average Bonchev–Trinajstić information content (AvgIpc) is 2.56. The molecule has 1 amide bonds. The van der Waals surface area contributed by atoms with Crippen molar-refractivity contribution in [3.05, 3.63) is 65.2 Å². The number of hydrogen-bond acceptors (Lipinski definition) is 2. The van der Waals surface area contributed by atoms with Crippen molar-refractivity contribution in [1.29, 1.82) is 5.26 Å². The lowest BCUT2D eigenvalue weighted by atomic mass is 10.1. The molecular weight excluding hydrogens is 286 g/mol. The number of aryl methyl sites for hydroxylation is 1. The second-order valence-electron chi connectivity index (χ2n) is 5.91. The molecule has 1 unspecified atom stereocenters. The second kappa shape index (κ2) is 7.57. The van der Waals surface area contributed by atoms with Crippen LogP contribution in [0.1, 0.15) is 23.6 Å². The van der Waals surface area contributed by atoms with E-state index in [0.717, 1.165) is 11.4 Å². The van der Waals surface area contributed by atoms with E-state index in [1.165, 1.54) is 11.1 Å². The molecule has 0 aliphatic carbocycles. The van der Waals surface area contributed by atoms with Gasteiger partial charge in [0.25, 0.3) is 5.91 Å². The summed E-state index contributed by atoms with van der Waals surface area (Å²) >= 11 is 0. The van der Waals surface area contributed by atoms with E-state index in [-0.39, 0.29) is 11.9 Å². The fraction of sp³-hybridized carbons (Fsp3) is 0.263. The van der Waals surface area contributed by atoms with Crippen LogP contribution >= 0.6 is 0 Å². The molecule has 0 fully saturated rings. The normalized spacial score (nSPS) is 13.0. The van der Waals surface area contributed by atoms with Crippen molar-refractivity contribution in [3.8, 4) is 6.07 Å². The van der Waals surface area contributed by atoms with Crippen molar-refractivity contribution in [2.24, 2.45) is 0 Å². The topological polar surface area (TPSA) is 57.3 Å². The summed E-state index contributed by atoms with van der Waals surface area (Å²) in [6.45, 7) is 4.78. The number of likely N-dealkylation sites (N-methyl/N-ethyl adjacent to an activating group) is 1. The molecule has 0 saturated heterocycles. The van der Waals surface area contributed by atoms with Crippen molar-refractivity contribution in [2.75, 3.05) is 12.4 Å². The molecule has 0 bridgehead atoms. The Kier molecular flexibility index (Phi) is 5.51. The van der Waals surface area contributed by atoms with E-state index in [4.69, 9.17) is 5.26 Å². The molecule has 0 aliphatic rings. The average molecular weight is 308 g/mol. The minimum absolute atomic E-state index is 0.0284. The van der Waals surface area contributed by atoms with Crippen LogP contribution in [0.4, 0.5) is 5.69 Å². The first kappa shape index (κ1) is 16.7. The van der Waals surface area contributed by atoms with Crippen LogP contribution < -0.4 is 10.2 Å². The summed E-state index contributed by atoms with van der Waals surface area (Å²) in [7, 11) is 2.02. The van der Waals surface area contributed by atoms with E-state index in [2.05, 4.69) is 42.6 Å². The van der Waals surface area contributed by atoms with Crippen molar-refractivity contribution >= 4 is 11.6 Å². The summed E-state index contributed by atoms with van der Waals surface area (Å²) < 4.78 is 0. The highest BCUT2D eigenvalue weighted by Gasteiger charge is 2.21. The molecule has 2 aromatic carbocycles. The molecule has 4 nitrogen and oxygen atoms in total. The monoisotopic (exact) mass is 308 g/mol. The Bertz CT molecular complexity index is 699. The number of nitrogens with zero attached hydrogens (tertiary/aromatic N) is 1. The van der Waals surface area contributed by atoms with Gasteiger partial charge in [-0.3, -0.25) is 4.79 Å². The van der Waals surface area contributed by atoms with Crippen LogP contribution in [0.5, 0.6) is 0 Å². The fourth-order valence-electron chi connectivity index (χ4n) is 2.28. The second-order valence-corrected chi connectivity index (χ2v) is 5.91. The summed E-state index contributed by atoms with van der Waals surface area (Å²) in [5, 5.41) is 11.7. The summed E-state index contributed by atoms with van der Waals surface area (Å²) in [6, 6.07) is 17.2. The van der Waals surface area contributed by atoms with Crippen LogP contribution in [-0.2, 0) is 11.3 Å². The Hall–Kier alpha value is -2.64. The Balaban J connectivity index is 1.95. The summed E-state index contributed by atoms with van der Waals surface area (Å²) in [4.78, 5) is 13.5. The van der Waals surface area contributed by atoms with Gasteiger partial charge in [-0.15, -0.1) is 0 Å². The third kappa shape index (κ3) is 4.67. The van der Waals surface area contributed by atoms with Crippen LogP contribution in [0.15, 0.2) is 48.5 Å². The molecule has 0 saturated carbocycles. The number of rotatable bonds is 5. The largest absolute Gasteiger partial charge is 0.324 e. The zero-order valence-electron chi connectivity index (χ0n) is 13.8. The van der Waals surface area contributed by atoms with E-state index < -0.39 is 0 Å². The molecule has 2 aromatic rings. The lowest BCUT2D eigenvalue weighted by molar-refractivity contribution is -0.907. The molecule has 2 N–H and O–H groups in total. The van der Waals surface area contributed by atoms with Gasteiger partial charge >= 0.3 is 0 Å². The maximum absolute atomic E-state index is 12.4. The number of nitrogens with one attached hydrogen (secondary N) is 2. The van der Waals surface area contributed by atoms with Gasteiger partial charge in [-0.1, -0.05) is 29.8 Å². The molecule has 0 heterocycles. The van der Waals surface area contributed by atoms with Gasteiger partial charge in [0, 0.05) is 11.3 Å². The van der Waals surface area contributed by atoms with E-state index >= 15 is 0 Å². The first-order valence-electron chi connectivity index (χ1n) is 7.68. The van der Waals surface area contributed by atoms with Crippen LogP contribution in [0, 0.1) is 18.3 Å². The number of hydrogen-bond donors (Lipinski definition) is 2. The predicted molar refractivity (Wildman–Crippen MR) is 91.0 cm³/mol. The van der Waals surface area contributed by atoms with Gasteiger partial charge in [0.05, 0.1) is 18.7 Å². The fourth-order valence-corrected chi connectivity index (χ4v) is 2.28. The number of amides is 1. The first-order valence-corrected chi connectivity index (χ1v) is 7.68. The summed E-state index contributed by atoms with van der Waals surface area (Å²) in [5.41, 5.74) is 3.74. The van der Waals surface area contributed by atoms with E-state index in [9.17, 15) is 4.79 Å². The maximum Gasteiger partial charge on any atom is 0.282 e. The lowest BCUT2D eigenvalue weighted by Gasteiger charge is -2.21. The quantitative estimate of drug-likeness (QED) is 0.886. The van der Waals surface area contributed by atoms with Crippen LogP contribution in [0.2, 0.25) is 0 Å². The highest BCUT2D eigenvalue weighted by Crippen LogP contribution is 2.09. The van der Waals surface area contributed by atoms with Gasteiger partial charge in [0.15, 0.2) is 6.04 Å². The smallest absolute Gasteiger partial charge is 0.282 e. The zero-order chi connectivity index (χ0) is 16.8. The molecule has 2 atom stereocenters. The molecule has 0 radical (unpaired) electrons. The zero-order valence-corrected chi connectivity index (χ0v) is 13.8. The number of quaternary nitrogens is 1. The Morgan fingerprint density at radius 3 is 2.35 bits per heavy atom. The van der Waals surface area contributed by atoms with E-state index in [1.807, 2.05) is 14.0 Å². The summed E-state index contributed by atoms with van der Waals surface area (Å²) in [6.07, 6.45) is 0. The molecule has 0 aromatic heterocycles. The number of anilines is 1. The molecule has 0 spiro atoms. The molecule has 118 valence electrons. The van der Waals surface area contributed by atoms with Gasteiger partial charge in [-0.2, -0.15) is 5.26 Å². The highest BCUT2D eigenvalue weighted by molar-refractivity contribution is 5.93. The molecule has 4 heteroatoms. The maximum atomic E-state index is 12.4. The lowest BCUT2D eigenvalue weighted by Crippen LogP contribution is -3.12. The van der Waals surface area contributed by atoms with E-state index in [0.29, 0.717) is 11.3 Å². The van der Waals surface area contributed by atoms with Gasteiger partial charge in [-0.25, -0.2) is 0 Å². The predicted octanol–water partition coefficient (Wildman–Crippen LogP) is 1.91. The number of carbonyl (C=O) groups excluding carboxylic acids is 1.